The zero-order valence-electron chi connectivity index (χ0n) is 12.9. The molecule has 0 bridgehead atoms. The van der Waals surface area contributed by atoms with E-state index in [0.29, 0.717) is 0 Å². The van der Waals surface area contributed by atoms with Crippen LogP contribution in [0.25, 0.3) is 0 Å². The highest BCUT2D eigenvalue weighted by Crippen LogP contribution is 2.20. The van der Waals surface area contributed by atoms with Crippen LogP contribution in [0.2, 0.25) is 0 Å². The molecule has 0 heterocycles. The Morgan fingerprint density at radius 3 is 1.35 bits per heavy atom. The van der Waals surface area contributed by atoms with Crippen LogP contribution < -0.4 is 14.0 Å². The fourth-order valence-corrected chi connectivity index (χ4v) is 4.44. The van der Waals surface area contributed by atoms with Crippen molar-refractivity contribution in [2.75, 3.05) is 7.11 Å². The summed E-state index contributed by atoms with van der Waals surface area (Å²) in [4.78, 5) is 0. The molecule has 0 fully saturated rings. The van der Waals surface area contributed by atoms with E-state index in [2.05, 4.69) is 0 Å². The molecular weight excluding hydrogens is 304 g/mol. The van der Waals surface area contributed by atoms with Gasteiger partial charge in [-0.1, -0.05) is 66.7 Å². The molecule has 0 unspecified atom stereocenters. The maximum atomic E-state index is 6.24. The summed E-state index contributed by atoms with van der Waals surface area (Å²) in [5.41, 5.74) is 0. The minimum atomic E-state index is -3.13. The lowest BCUT2D eigenvalue weighted by Gasteiger charge is -2.29. The van der Waals surface area contributed by atoms with Gasteiger partial charge in [0.1, 0.15) is 11.5 Å². The molecule has 0 N–H and O–H groups in total. The summed E-state index contributed by atoms with van der Waals surface area (Å²) in [6.45, 7) is 0. The molecule has 116 valence electrons. The largest absolute Gasteiger partial charge is 0.669 e. The van der Waals surface area contributed by atoms with Gasteiger partial charge in [0.15, 0.2) is 0 Å². The average molecular weight is 322 g/mol. The van der Waals surface area contributed by atoms with Crippen molar-refractivity contribution in [3.8, 4) is 11.5 Å². The minimum Gasteiger partial charge on any atom is -0.489 e. The Balaban J connectivity index is 2.00. The van der Waals surface area contributed by atoms with E-state index in [1.54, 1.807) is 7.11 Å². The lowest BCUT2D eigenvalue weighted by atomic mass is 10.3. The van der Waals surface area contributed by atoms with Crippen LogP contribution in [0.5, 0.6) is 11.5 Å². The van der Waals surface area contributed by atoms with E-state index in [1.807, 2.05) is 91.0 Å². The lowest BCUT2D eigenvalue weighted by Crippen LogP contribution is -2.61. The summed E-state index contributed by atoms with van der Waals surface area (Å²) < 4.78 is 18.3. The second-order valence-electron chi connectivity index (χ2n) is 4.96. The summed E-state index contributed by atoms with van der Waals surface area (Å²) in [6, 6.07) is 29.0. The van der Waals surface area contributed by atoms with Gasteiger partial charge in [-0.3, -0.25) is 0 Å². The Hall–Kier alpha value is -2.56. The molecule has 0 saturated heterocycles. The number of hydrogen-bond donors (Lipinski definition) is 0. The predicted molar refractivity (Wildman–Crippen MR) is 93.0 cm³/mol. The van der Waals surface area contributed by atoms with E-state index >= 15 is 0 Å². The summed E-state index contributed by atoms with van der Waals surface area (Å²) in [6.07, 6.45) is 0. The van der Waals surface area contributed by atoms with Crippen molar-refractivity contribution in [3.63, 3.8) is 0 Å². The number of para-hydroxylation sites is 2. The van der Waals surface area contributed by atoms with Crippen LogP contribution in [0.15, 0.2) is 91.0 Å². The van der Waals surface area contributed by atoms with Crippen LogP contribution in [0.4, 0.5) is 0 Å². The fraction of sp³-hybridized carbons (Fsp3) is 0.0526. The molecule has 3 aromatic carbocycles. The predicted octanol–water partition coefficient (Wildman–Crippen LogP) is 3.64. The van der Waals surface area contributed by atoms with Gasteiger partial charge in [0, 0.05) is 12.3 Å². The third-order valence-corrected chi connectivity index (χ3v) is 5.97. The van der Waals surface area contributed by atoms with Crippen molar-refractivity contribution in [2.24, 2.45) is 0 Å². The third-order valence-electron chi connectivity index (χ3n) is 3.39. The summed E-state index contributed by atoms with van der Waals surface area (Å²) in [7, 11) is -1.50. The SMILES string of the molecule is CO[Si](Oc1ccccc1)(Oc1ccccc1)c1ccccc1. The molecule has 0 atom stereocenters. The van der Waals surface area contributed by atoms with Crippen LogP contribution in [-0.4, -0.2) is 15.9 Å². The van der Waals surface area contributed by atoms with Gasteiger partial charge >= 0.3 is 8.80 Å². The highest BCUT2D eigenvalue weighted by atomic mass is 28.4. The van der Waals surface area contributed by atoms with Crippen LogP contribution in [0.3, 0.4) is 0 Å². The second-order valence-corrected chi connectivity index (χ2v) is 7.46. The number of benzene rings is 3. The van der Waals surface area contributed by atoms with E-state index in [1.165, 1.54) is 0 Å². The molecule has 3 nitrogen and oxygen atoms in total. The molecule has 3 aromatic rings. The van der Waals surface area contributed by atoms with Crippen LogP contribution in [0, 0.1) is 0 Å². The van der Waals surface area contributed by atoms with E-state index in [4.69, 9.17) is 13.3 Å². The normalized spacial score (nSPS) is 11.0. The van der Waals surface area contributed by atoms with Crippen LogP contribution in [-0.2, 0) is 4.43 Å². The van der Waals surface area contributed by atoms with Crippen molar-refractivity contribution >= 4 is 14.0 Å². The van der Waals surface area contributed by atoms with Gasteiger partial charge in [-0.15, -0.1) is 0 Å². The van der Waals surface area contributed by atoms with Crippen molar-refractivity contribution in [1.82, 2.24) is 0 Å². The van der Waals surface area contributed by atoms with Crippen molar-refractivity contribution in [3.05, 3.63) is 91.0 Å². The molecular formula is C19H18O3Si. The highest BCUT2D eigenvalue weighted by Gasteiger charge is 2.48. The highest BCUT2D eigenvalue weighted by molar-refractivity contribution is 6.76. The van der Waals surface area contributed by atoms with E-state index in [-0.39, 0.29) is 0 Å². The maximum Gasteiger partial charge on any atom is 0.669 e. The molecule has 0 amide bonds. The maximum absolute atomic E-state index is 6.24. The fourth-order valence-electron chi connectivity index (χ4n) is 2.27. The second kappa shape index (κ2) is 7.13. The first-order valence-corrected chi connectivity index (χ1v) is 9.14. The molecule has 23 heavy (non-hydrogen) atoms. The van der Waals surface area contributed by atoms with Crippen LogP contribution in [0.1, 0.15) is 0 Å². The molecule has 4 heteroatoms. The van der Waals surface area contributed by atoms with Crippen molar-refractivity contribution in [1.29, 1.82) is 0 Å². The van der Waals surface area contributed by atoms with Gasteiger partial charge < -0.3 is 13.3 Å². The quantitative estimate of drug-likeness (QED) is 0.649. The van der Waals surface area contributed by atoms with Gasteiger partial charge in [-0.05, 0) is 24.3 Å². The van der Waals surface area contributed by atoms with E-state index in [0.717, 1.165) is 16.7 Å². The third kappa shape index (κ3) is 3.61. The van der Waals surface area contributed by atoms with E-state index in [9.17, 15) is 0 Å². The van der Waals surface area contributed by atoms with Crippen molar-refractivity contribution < 1.29 is 13.3 Å². The molecule has 0 aliphatic heterocycles. The monoisotopic (exact) mass is 322 g/mol. The Labute approximate surface area is 137 Å². The van der Waals surface area contributed by atoms with Gasteiger partial charge in [0.05, 0.1) is 0 Å². The van der Waals surface area contributed by atoms with Crippen molar-refractivity contribution in [2.45, 2.75) is 0 Å². The molecule has 3 rings (SSSR count). The first-order chi connectivity index (χ1) is 11.3. The van der Waals surface area contributed by atoms with Crippen LogP contribution >= 0.6 is 0 Å². The first-order valence-electron chi connectivity index (χ1n) is 7.41. The Kier molecular flexibility index (Phi) is 4.76. The molecule has 0 saturated carbocycles. The van der Waals surface area contributed by atoms with Gasteiger partial charge in [-0.2, -0.15) is 0 Å². The number of hydrogen-bond acceptors (Lipinski definition) is 3. The zero-order chi connectivity index (χ0) is 16.0. The minimum absolute atomic E-state index is 0.723. The first kappa shape index (κ1) is 15.3. The molecule has 0 aliphatic rings. The molecule has 0 spiro atoms. The summed E-state index contributed by atoms with van der Waals surface area (Å²) in [5, 5.41) is 0.912. The van der Waals surface area contributed by atoms with Gasteiger partial charge in [0.25, 0.3) is 0 Å². The summed E-state index contributed by atoms with van der Waals surface area (Å²) in [5.74, 6) is 1.45. The topological polar surface area (TPSA) is 27.7 Å². The van der Waals surface area contributed by atoms with Gasteiger partial charge in [-0.25, -0.2) is 0 Å². The van der Waals surface area contributed by atoms with Gasteiger partial charge in [0.2, 0.25) is 0 Å². The standard InChI is InChI=1S/C19H18O3Si/c1-20-23(19-15-9-4-10-16-19,21-17-11-5-2-6-12-17)22-18-13-7-3-8-14-18/h2-16H,1H3. The average Bonchev–Trinajstić information content (AvgIpc) is 2.63. The number of rotatable bonds is 6. The Morgan fingerprint density at radius 2 is 0.957 bits per heavy atom. The Morgan fingerprint density at radius 1 is 0.565 bits per heavy atom. The molecule has 0 aromatic heterocycles. The lowest BCUT2D eigenvalue weighted by molar-refractivity contribution is 0.223. The molecule has 0 radical (unpaired) electrons. The summed E-state index contributed by atoms with van der Waals surface area (Å²) >= 11 is 0. The zero-order valence-corrected chi connectivity index (χ0v) is 13.9. The Bertz CT molecular complexity index is 676. The molecule has 0 aliphatic carbocycles. The van der Waals surface area contributed by atoms with E-state index < -0.39 is 8.80 Å². The smallest absolute Gasteiger partial charge is 0.489 e.